The number of likely N-dealkylation sites (tertiary alicyclic amines) is 1. The molecule has 2 aromatic rings. The zero-order valence-corrected chi connectivity index (χ0v) is 22.5. The van der Waals surface area contributed by atoms with Crippen LogP contribution < -0.4 is 9.47 Å². The molecular formula is C30H38N2O5. The fourth-order valence-corrected chi connectivity index (χ4v) is 4.93. The quantitative estimate of drug-likeness (QED) is 0.283. The van der Waals surface area contributed by atoms with E-state index in [0.717, 1.165) is 36.3 Å². The Morgan fingerprint density at radius 3 is 2.70 bits per heavy atom. The van der Waals surface area contributed by atoms with E-state index in [1.807, 2.05) is 62.3 Å². The van der Waals surface area contributed by atoms with Gasteiger partial charge in [-0.2, -0.15) is 0 Å². The Labute approximate surface area is 219 Å². The molecule has 2 atom stereocenters. The van der Waals surface area contributed by atoms with Gasteiger partial charge in [-0.3, -0.25) is 9.59 Å². The molecule has 2 heterocycles. The normalized spacial score (nSPS) is 20.6. The Kier molecular flexibility index (Phi) is 8.22. The largest absolute Gasteiger partial charge is 0.507 e. The summed E-state index contributed by atoms with van der Waals surface area (Å²) in [6.45, 7) is 8.05. The van der Waals surface area contributed by atoms with Gasteiger partial charge in [-0.1, -0.05) is 26.0 Å². The van der Waals surface area contributed by atoms with E-state index in [0.29, 0.717) is 36.8 Å². The molecule has 0 radical (unpaired) electrons. The van der Waals surface area contributed by atoms with Gasteiger partial charge in [0, 0.05) is 18.5 Å². The molecule has 7 nitrogen and oxygen atoms in total. The summed E-state index contributed by atoms with van der Waals surface area (Å²) in [5.41, 5.74) is 2.35. The number of aliphatic hydroxyl groups is 1. The smallest absolute Gasteiger partial charge is 0.295 e. The first-order chi connectivity index (χ1) is 17.7. The van der Waals surface area contributed by atoms with E-state index in [-0.39, 0.29) is 17.4 Å². The second kappa shape index (κ2) is 11.4. The molecule has 0 spiro atoms. The molecule has 1 amide bonds. The fourth-order valence-electron chi connectivity index (χ4n) is 4.93. The molecule has 198 valence electrons. The van der Waals surface area contributed by atoms with Crippen LogP contribution in [0.25, 0.3) is 5.76 Å². The molecule has 0 bridgehead atoms. The van der Waals surface area contributed by atoms with Gasteiger partial charge in [0.15, 0.2) is 0 Å². The van der Waals surface area contributed by atoms with Crippen molar-refractivity contribution in [1.82, 2.24) is 9.80 Å². The highest BCUT2D eigenvalue weighted by Gasteiger charge is 2.46. The third kappa shape index (κ3) is 5.99. The van der Waals surface area contributed by atoms with Crippen molar-refractivity contribution >= 4 is 17.4 Å². The topological polar surface area (TPSA) is 79.3 Å². The molecule has 7 heteroatoms. The number of ketones is 1. The molecule has 2 unspecified atom stereocenters. The molecular weight excluding hydrogens is 468 g/mol. The van der Waals surface area contributed by atoms with Crippen molar-refractivity contribution in [2.24, 2.45) is 5.92 Å². The van der Waals surface area contributed by atoms with Crippen molar-refractivity contribution in [1.29, 1.82) is 0 Å². The first-order valence-corrected chi connectivity index (χ1v) is 13.1. The molecule has 4 rings (SSSR count). The van der Waals surface area contributed by atoms with E-state index in [1.165, 1.54) is 0 Å². The fraction of sp³-hybridized carbons (Fsp3) is 0.467. The Balaban J connectivity index is 1.73. The minimum absolute atomic E-state index is 0.0631. The lowest BCUT2D eigenvalue weighted by atomic mass is 9.94. The average Bonchev–Trinajstić information content (AvgIpc) is 3.34. The maximum absolute atomic E-state index is 13.4. The highest BCUT2D eigenvalue weighted by Crippen LogP contribution is 2.41. The minimum atomic E-state index is -0.695. The van der Waals surface area contributed by atoms with Crippen LogP contribution in [0, 0.1) is 5.92 Å². The van der Waals surface area contributed by atoms with E-state index >= 15 is 0 Å². The van der Waals surface area contributed by atoms with Crippen molar-refractivity contribution in [3.8, 4) is 11.5 Å². The highest BCUT2D eigenvalue weighted by molar-refractivity contribution is 6.46. The lowest BCUT2D eigenvalue weighted by molar-refractivity contribution is -0.139. The molecule has 37 heavy (non-hydrogen) atoms. The van der Waals surface area contributed by atoms with Crippen molar-refractivity contribution in [2.45, 2.75) is 52.2 Å². The number of amides is 1. The highest BCUT2D eigenvalue weighted by atomic mass is 16.5. The summed E-state index contributed by atoms with van der Waals surface area (Å²) in [7, 11) is 3.95. The van der Waals surface area contributed by atoms with Gasteiger partial charge >= 0.3 is 0 Å². The predicted molar refractivity (Wildman–Crippen MR) is 144 cm³/mol. The monoisotopic (exact) mass is 506 g/mol. The maximum Gasteiger partial charge on any atom is 0.295 e. The second-order valence-electron chi connectivity index (χ2n) is 10.7. The zero-order chi connectivity index (χ0) is 26.7. The van der Waals surface area contributed by atoms with E-state index < -0.39 is 17.7 Å². The molecule has 1 saturated heterocycles. The van der Waals surface area contributed by atoms with Gasteiger partial charge in [-0.25, -0.2) is 0 Å². The molecule has 0 aliphatic carbocycles. The standard InChI is InChI=1S/C30H38N2O5/c1-19(2)12-15-36-24-9-6-8-21(18-24)27-26(29(34)30(35)32(27)14-7-13-31(4)5)28(33)22-10-11-25-23(17-22)16-20(3)37-25/h6,8-11,17-20,27,33H,7,12-16H2,1-5H3/b28-26-. The number of fused-ring (bicyclic) bond motifs is 1. The SMILES string of the molecule is CC(C)CCOc1cccc(C2/C(=C(/O)c3ccc4c(c3)CC(C)O4)C(=O)C(=O)N2CCCN(C)C)c1. The summed E-state index contributed by atoms with van der Waals surface area (Å²) in [5, 5.41) is 11.4. The molecule has 2 aromatic carbocycles. The number of carbonyl (C=O) groups is 2. The zero-order valence-electron chi connectivity index (χ0n) is 22.5. The summed E-state index contributed by atoms with van der Waals surface area (Å²) in [4.78, 5) is 30.2. The van der Waals surface area contributed by atoms with Gasteiger partial charge in [-0.05, 0) is 87.8 Å². The predicted octanol–water partition coefficient (Wildman–Crippen LogP) is 4.81. The summed E-state index contributed by atoms with van der Waals surface area (Å²) in [6.07, 6.45) is 2.42. The number of aliphatic hydroxyl groups excluding tert-OH is 1. The van der Waals surface area contributed by atoms with E-state index in [1.54, 1.807) is 11.0 Å². The number of benzene rings is 2. The number of hydrogen-bond acceptors (Lipinski definition) is 6. The molecule has 1 fully saturated rings. The van der Waals surface area contributed by atoms with Crippen LogP contribution >= 0.6 is 0 Å². The Hall–Kier alpha value is -3.32. The lowest BCUT2D eigenvalue weighted by Gasteiger charge is -2.26. The van der Waals surface area contributed by atoms with Crippen LogP contribution in [0.15, 0.2) is 48.0 Å². The lowest BCUT2D eigenvalue weighted by Crippen LogP contribution is -2.32. The van der Waals surface area contributed by atoms with Crippen LogP contribution in [0.1, 0.15) is 56.3 Å². The van der Waals surface area contributed by atoms with Crippen molar-refractivity contribution in [3.63, 3.8) is 0 Å². The van der Waals surface area contributed by atoms with Gasteiger partial charge in [0.05, 0.1) is 18.2 Å². The summed E-state index contributed by atoms with van der Waals surface area (Å²) >= 11 is 0. The number of ether oxygens (including phenoxy) is 2. The van der Waals surface area contributed by atoms with Gasteiger partial charge in [0.25, 0.3) is 11.7 Å². The van der Waals surface area contributed by atoms with E-state index in [9.17, 15) is 14.7 Å². The first-order valence-electron chi connectivity index (χ1n) is 13.1. The van der Waals surface area contributed by atoms with Crippen LogP contribution in [-0.4, -0.2) is 66.5 Å². The van der Waals surface area contributed by atoms with Crippen LogP contribution in [-0.2, 0) is 16.0 Å². The third-order valence-electron chi connectivity index (χ3n) is 6.85. The second-order valence-corrected chi connectivity index (χ2v) is 10.7. The van der Waals surface area contributed by atoms with Gasteiger partial charge < -0.3 is 24.4 Å². The average molecular weight is 507 g/mol. The summed E-state index contributed by atoms with van der Waals surface area (Å²) < 4.78 is 11.8. The van der Waals surface area contributed by atoms with Gasteiger partial charge in [0.2, 0.25) is 0 Å². The number of nitrogens with zero attached hydrogens (tertiary/aromatic N) is 2. The Morgan fingerprint density at radius 1 is 1.19 bits per heavy atom. The third-order valence-corrected chi connectivity index (χ3v) is 6.85. The Morgan fingerprint density at radius 2 is 1.97 bits per heavy atom. The van der Waals surface area contributed by atoms with Crippen molar-refractivity contribution in [3.05, 3.63) is 64.7 Å². The molecule has 2 aliphatic rings. The number of hydrogen-bond donors (Lipinski definition) is 1. The van der Waals surface area contributed by atoms with Crippen LogP contribution in [0.3, 0.4) is 0 Å². The van der Waals surface area contributed by atoms with Gasteiger partial charge in [0.1, 0.15) is 23.4 Å². The van der Waals surface area contributed by atoms with Crippen molar-refractivity contribution in [2.75, 3.05) is 33.8 Å². The maximum atomic E-state index is 13.4. The van der Waals surface area contributed by atoms with Gasteiger partial charge in [-0.15, -0.1) is 0 Å². The summed E-state index contributed by atoms with van der Waals surface area (Å²) in [5.74, 6) is 0.578. The molecule has 1 N–H and O–H groups in total. The van der Waals surface area contributed by atoms with Crippen LogP contribution in [0.5, 0.6) is 11.5 Å². The number of rotatable bonds is 10. The van der Waals surface area contributed by atoms with E-state index in [4.69, 9.17) is 9.47 Å². The molecule has 0 saturated carbocycles. The summed E-state index contributed by atoms with van der Waals surface area (Å²) in [6, 6.07) is 12.2. The van der Waals surface area contributed by atoms with Crippen molar-refractivity contribution < 1.29 is 24.2 Å². The van der Waals surface area contributed by atoms with E-state index in [2.05, 4.69) is 13.8 Å². The minimum Gasteiger partial charge on any atom is -0.507 e. The Bertz CT molecular complexity index is 1190. The number of Topliss-reactive ketones (excluding diaryl/α,β-unsaturated/α-hetero) is 1. The van der Waals surface area contributed by atoms with Crippen LogP contribution in [0.2, 0.25) is 0 Å². The first kappa shape index (κ1) is 26.7. The molecule has 0 aromatic heterocycles. The molecule has 2 aliphatic heterocycles. The van der Waals surface area contributed by atoms with Crippen LogP contribution in [0.4, 0.5) is 0 Å². The number of carbonyl (C=O) groups excluding carboxylic acids is 2.